The summed E-state index contributed by atoms with van der Waals surface area (Å²) in [5.41, 5.74) is 0. The molecular formula is C10H14ClN5O2S. The summed E-state index contributed by atoms with van der Waals surface area (Å²) in [7, 11) is -2.10. The summed E-state index contributed by atoms with van der Waals surface area (Å²) in [6, 6.07) is 0. The Balaban J connectivity index is 1.92. The summed E-state index contributed by atoms with van der Waals surface area (Å²) in [5.74, 6) is 0.831. The Labute approximate surface area is 116 Å². The Kier molecular flexibility index (Phi) is 4.23. The van der Waals surface area contributed by atoms with Gasteiger partial charge in [-0.1, -0.05) is 11.6 Å². The summed E-state index contributed by atoms with van der Waals surface area (Å²) >= 11 is 5.81. The van der Waals surface area contributed by atoms with Gasteiger partial charge in [0.1, 0.15) is 5.82 Å². The van der Waals surface area contributed by atoms with Crippen LogP contribution in [0.5, 0.6) is 0 Å². The predicted octanol–water partition coefficient (Wildman–Crippen LogP) is 0.708. The van der Waals surface area contributed by atoms with E-state index in [9.17, 15) is 8.42 Å². The third kappa shape index (κ3) is 3.34. The fourth-order valence-corrected chi connectivity index (χ4v) is 3.39. The van der Waals surface area contributed by atoms with Crippen LogP contribution in [-0.2, 0) is 23.5 Å². The van der Waals surface area contributed by atoms with Crippen LogP contribution in [0.2, 0.25) is 5.02 Å². The standard InChI is InChI=1S/C10H14ClN5O2S/c1-16-10(8(11)7-14-16)19(17,18)15-4-2-3-9-12-5-6-13-9/h5-7,15H,2-4H2,1H3,(H,12,13). The van der Waals surface area contributed by atoms with Crippen LogP contribution in [0.4, 0.5) is 0 Å². The van der Waals surface area contributed by atoms with Gasteiger partial charge in [-0.15, -0.1) is 0 Å². The van der Waals surface area contributed by atoms with E-state index in [0.717, 1.165) is 5.82 Å². The zero-order chi connectivity index (χ0) is 13.9. The van der Waals surface area contributed by atoms with E-state index in [1.165, 1.54) is 17.9 Å². The van der Waals surface area contributed by atoms with E-state index >= 15 is 0 Å². The van der Waals surface area contributed by atoms with Crippen LogP contribution in [0.1, 0.15) is 12.2 Å². The highest BCUT2D eigenvalue weighted by Gasteiger charge is 2.21. The minimum absolute atomic E-state index is 0.0211. The van der Waals surface area contributed by atoms with E-state index in [4.69, 9.17) is 11.6 Å². The second kappa shape index (κ2) is 5.72. The highest BCUT2D eigenvalue weighted by atomic mass is 35.5. The number of H-pyrrole nitrogens is 1. The molecule has 2 N–H and O–H groups in total. The maximum Gasteiger partial charge on any atom is 0.259 e. The first-order chi connectivity index (χ1) is 9.00. The van der Waals surface area contributed by atoms with Gasteiger partial charge in [-0.2, -0.15) is 5.10 Å². The predicted molar refractivity (Wildman–Crippen MR) is 70.3 cm³/mol. The number of rotatable bonds is 6. The first kappa shape index (κ1) is 14.0. The smallest absolute Gasteiger partial charge is 0.259 e. The summed E-state index contributed by atoms with van der Waals surface area (Å²) in [5, 5.41) is 3.89. The molecule has 0 aliphatic rings. The average Bonchev–Trinajstić information content (AvgIpc) is 2.95. The third-order valence-corrected chi connectivity index (χ3v) is 4.50. The van der Waals surface area contributed by atoms with Crippen LogP contribution in [0.25, 0.3) is 0 Å². The van der Waals surface area contributed by atoms with Gasteiger partial charge in [0, 0.05) is 32.4 Å². The number of nitrogens with one attached hydrogen (secondary N) is 2. The van der Waals surface area contributed by atoms with Crippen molar-refractivity contribution in [3.63, 3.8) is 0 Å². The molecule has 0 aliphatic heterocycles. The third-order valence-electron chi connectivity index (χ3n) is 2.53. The van der Waals surface area contributed by atoms with Crippen molar-refractivity contribution in [2.75, 3.05) is 6.54 Å². The van der Waals surface area contributed by atoms with Crippen molar-refractivity contribution in [1.29, 1.82) is 0 Å². The lowest BCUT2D eigenvalue weighted by Gasteiger charge is -2.06. The molecule has 2 aromatic heterocycles. The largest absolute Gasteiger partial charge is 0.349 e. The highest BCUT2D eigenvalue weighted by Crippen LogP contribution is 2.19. The number of aryl methyl sites for hydroxylation is 2. The van der Waals surface area contributed by atoms with Gasteiger partial charge in [0.2, 0.25) is 0 Å². The van der Waals surface area contributed by atoms with Crippen molar-refractivity contribution in [3.05, 3.63) is 29.4 Å². The van der Waals surface area contributed by atoms with Crippen LogP contribution in [0.15, 0.2) is 23.6 Å². The van der Waals surface area contributed by atoms with Crippen molar-refractivity contribution >= 4 is 21.6 Å². The van der Waals surface area contributed by atoms with Gasteiger partial charge in [-0.25, -0.2) is 18.1 Å². The van der Waals surface area contributed by atoms with E-state index in [2.05, 4.69) is 19.8 Å². The van der Waals surface area contributed by atoms with Gasteiger partial charge < -0.3 is 4.98 Å². The molecule has 2 heterocycles. The number of hydrogen-bond donors (Lipinski definition) is 2. The molecule has 19 heavy (non-hydrogen) atoms. The van der Waals surface area contributed by atoms with Crippen molar-refractivity contribution in [1.82, 2.24) is 24.5 Å². The normalized spacial score (nSPS) is 11.9. The number of sulfonamides is 1. The number of halogens is 1. The van der Waals surface area contributed by atoms with Crippen LogP contribution in [0, 0.1) is 0 Å². The molecule has 0 spiro atoms. The molecule has 0 radical (unpaired) electrons. The summed E-state index contributed by atoms with van der Waals surface area (Å²) in [6.45, 7) is 0.310. The highest BCUT2D eigenvalue weighted by molar-refractivity contribution is 7.89. The molecule has 2 rings (SSSR count). The monoisotopic (exact) mass is 303 g/mol. The lowest BCUT2D eigenvalue weighted by Crippen LogP contribution is -2.27. The molecule has 0 amide bonds. The van der Waals surface area contributed by atoms with Crippen LogP contribution in [0.3, 0.4) is 0 Å². The zero-order valence-corrected chi connectivity index (χ0v) is 11.9. The van der Waals surface area contributed by atoms with Gasteiger partial charge in [-0.05, 0) is 6.42 Å². The van der Waals surface area contributed by atoms with Crippen molar-refractivity contribution in [2.24, 2.45) is 7.05 Å². The molecule has 0 unspecified atom stereocenters. The number of nitrogens with zero attached hydrogens (tertiary/aromatic N) is 3. The number of aromatic nitrogens is 4. The molecule has 0 bridgehead atoms. The molecule has 0 aliphatic carbocycles. The van der Waals surface area contributed by atoms with Crippen molar-refractivity contribution in [2.45, 2.75) is 17.9 Å². The van der Waals surface area contributed by atoms with Crippen LogP contribution >= 0.6 is 11.6 Å². The first-order valence-corrected chi connectivity index (χ1v) is 7.52. The second-order valence-electron chi connectivity index (χ2n) is 3.96. The number of hydrogen-bond acceptors (Lipinski definition) is 4. The van der Waals surface area contributed by atoms with Gasteiger partial charge >= 0.3 is 0 Å². The van der Waals surface area contributed by atoms with E-state index in [-0.39, 0.29) is 10.0 Å². The second-order valence-corrected chi connectivity index (χ2v) is 6.05. The van der Waals surface area contributed by atoms with Gasteiger partial charge in [-0.3, -0.25) is 4.68 Å². The Morgan fingerprint density at radius 2 is 2.32 bits per heavy atom. The van der Waals surface area contributed by atoms with Gasteiger partial charge in [0.25, 0.3) is 10.0 Å². The summed E-state index contributed by atoms with van der Waals surface area (Å²) in [4.78, 5) is 7.02. The van der Waals surface area contributed by atoms with Crippen molar-refractivity contribution < 1.29 is 8.42 Å². The SMILES string of the molecule is Cn1ncc(Cl)c1S(=O)(=O)NCCCc1ncc[nH]1. The molecular weight excluding hydrogens is 290 g/mol. The minimum atomic E-state index is -3.63. The molecule has 0 saturated heterocycles. The molecule has 7 nitrogen and oxygen atoms in total. The maximum atomic E-state index is 12.0. The maximum absolute atomic E-state index is 12.0. The van der Waals surface area contributed by atoms with E-state index in [1.54, 1.807) is 12.4 Å². The quantitative estimate of drug-likeness (QED) is 0.769. The number of imidazole rings is 1. The topological polar surface area (TPSA) is 92.7 Å². The Morgan fingerprint density at radius 3 is 2.89 bits per heavy atom. The fraction of sp³-hybridized carbons (Fsp3) is 0.400. The molecule has 9 heteroatoms. The average molecular weight is 304 g/mol. The lowest BCUT2D eigenvalue weighted by atomic mass is 10.3. The summed E-state index contributed by atoms with van der Waals surface area (Å²) < 4.78 is 27.8. The van der Waals surface area contributed by atoms with Crippen LogP contribution < -0.4 is 4.72 Å². The Bertz CT molecular complexity index is 615. The molecule has 104 valence electrons. The zero-order valence-electron chi connectivity index (χ0n) is 10.3. The molecule has 0 saturated carbocycles. The summed E-state index contributed by atoms with van der Waals surface area (Å²) in [6.07, 6.45) is 6.01. The van der Waals surface area contributed by atoms with E-state index in [1.807, 2.05) is 0 Å². The lowest BCUT2D eigenvalue weighted by molar-refractivity contribution is 0.560. The molecule has 0 atom stereocenters. The fourth-order valence-electron chi connectivity index (χ4n) is 1.67. The first-order valence-electron chi connectivity index (χ1n) is 5.66. The molecule has 2 aromatic rings. The van der Waals surface area contributed by atoms with Crippen molar-refractivity contribution in [3.8, 4) is 0 Å². The number of aromatic amines is 1. The molecule has 0 fully saturated rings. The Hall–Kier alpha value is -1.38. The van der Waals surface area contributed by atoms with Crippen LogP contribution in [-0.4, -0.2) is 34.7 Å². The van der Waals surface area contributed by atoms with Gasteiger partial charge in [0.15, 0.2) is 5.03 Å². The minimum Gasteiger partial charge on any atom is -0.349 e. The Morgan fingerprint density at radius 1 is 1.53 bits per heavy atom. The van der Waals surface area contributed by atoms with E-state index < -0.39 is 10.0 Å². The van der Waals surface area contributed by atoms with E-state index in [0.29, 0.717) is 19.4 Å². The molecule has 0 aromatic carbocycles. The van der Waals surface area contributed by atoms with Gasteiger partial charge in [0.05, 0.1) is 11.2 Å².